The van der Waals surface area contributed by atoms with Crippen LogP contribution in [0.1, 0.15) is 12.8 Å². The average Bonchev–Trinajstić information content (AvgIpc) is 2.30. The van der Waals surface area contributed by atoms with Gasteiger partial charge in [0.25, 0.3) is 5.76 Å². The van der Waals surface area contributed by atoms with Gasteiger partial charge in [-0.1, -0.05) is 11.8 Å². The summed E-state index contributed by atoms with van der Waals surface area (Å²) in [6, 6.07) is 7.14. The lowest BCUT2D eigenvalue weighted by Gasteiger charge is -2.07. The minimum absolute atomic E-state index is 0.578. The third-order valence-corrected chi connectivity index (χ3v) is 3.60. The number of unbranched alkanes of at least 4 members (excludes halogenated alkanes) is 1. The van der Waals surface area contributed by atoms with Gasteiger partial charge in [-0.25, -0.2) is 0 Å². The summed E-state index contributed by atoms with van der Waals surface area (Å²) >= 11 is 2.43. The number of halogens is 2. The van der Waals surface area contributed by atoms with Crippen LogP contribution in [-0.4, -0.2) is 24.3 Å². The fourth-order valence-corrected chi connectivity index (χ4v) is 2.35. The first-order valence-electron chi connectivity index (χ1n) is 5.50. The molecule has 0 heterocycles. The molecular formula is C12H17F2NS2. The second-order valence-electron chi connectivity index (χ2n) is 3.53. The van der Waals surface area contributed by atoms with Crippen molar-refractivity contribution in [3.05, 3.63) is 24.3 Å². The van der Waals surface area contributed by atoms with Gasteiger partial charge in [-0.05, 0) is 49.1 Å². The van der Waals surface area contributed by atoms with Crippen molar-refractivity contribution in [2.24, 2.45) is 0 Å². The predicted molar refractivity (Wildman–Crippen MR) is 74.4 cm³/mol. The van der Waals surface area contributed by atoms with Crippen molar-refractivity contribution in [3.63, 3.8) is 0 Å². The van der Waals surface area contributed by atoms with Gasteiger partial charge < -0.3 is 5.32 Å². The molecule has 0 fully saturated rings. The molecule has 0 spiro atoms. The number of hydrogen-bond acceptors (Lipinski definition) is 3. The molecule has 0 saturated carbocycles. The smallest absolute Gasteiger partial charge is 0.288 e. The zero-order chi connectivity index (χ0) is 12.5. The third kappa shape index (κ3) is 6.78. The minimum Gasteiger partial charge on any atom is -0.385 e. The lowest BCUT2D eigenvalue weighted by Crippen LogP contribution is -2.01. The first-order chi connectivity index (χ1) is 8.22. The van der Waals surface area contributed by atoms with E-state index >= 15 is 0 Å². The van der Waals surface area contributed by atoms with E-state index in [0.717, 1.165) is 18.7 Å². The summed E-state index contributed by atoms with van der Waals surface area (Å²) in [7, 11) is 0. The Morgan fingerprint density at radius 1 is 1.18 bits per heavy atom. The highest BCUT2D eigenvalue weighted by Crippen LogP contribution is 2.26. The Bertz CT molecular complexity index is 304. The van der Waals surface area contributed by atoms with Gasteiger partial charge in [0.2, 0.25) is 0 Å². The molecule has 0 atom stereocenters. The second kappa shape index (κ2) is 8.64. The van der Waals surface area contributed by atoms with Crippen molar-refractivity contribution in [1.82, 2.24) is 0 Å². The van der Waals surface area contributed by atoms with Crippen LogP contribution in [0.25, 0.3) is 0 Å². The van der Waals surface area contributed by atoms with E-state index in [1.807, 2.05) is 23.9 Å². The molecule has 0 radical (unpaired) electrons. The monoisotopic (exact) mass is 277 g/mol. The standard InChI is InChI=1S/C12H17F2NS2/c1-16-9-3-2-8-15-10-4-6-11(7-5-10)17-12(13)14/h4-7,12,15H,2-3,8-9H2,1H3. The molecule has 0 unspecified atom stereocenters. The maximum absolute atomic E-state index is 12.1. The molecule has 17 heavy (non-hydrogen) atoms. The lowest BCUT2D eigenvalue weighted by molar-refractivity contribution is 0.252. The predicted octanol–water partition coefficient (Wildman–Crippen LogP) is 4.56. The summed E-state index contributed by atoms with van der Waals surface area (Å²) in [6.07, 6.45) is 4.44. The van der Waals surface area contributed by atoms with Gasteiger partial charge in [-0.2, -0.15) is 20.5 Å². The quantitative estimate of drug-likeness (QED) is 0.553. The van der Waals surface area contributed by atoms with E-state index in [1.165, 1.54) is 12.2 Å². The van der Waals surface area contributed by atoms with Crippen LogP contribution < -0.4 is 5.32 Å². The molecule has 0 aromatic heterocycles. The van der Waals surface area contributed by atoms with Crippen LogP contribution in [0.15, 0.2) is 29.2 Å². The third-order valence-electron chi connectivity index (χ3n) is 2.18. The minimum atomic E-state index is -2.35. The van der Waals surface area contributed by atoms with Crippen LogP contribution in [0.4, 0.5) is 14.5 Å². The van der Waals surface area contributed by atoms with Gasteiger partial charge in [0.1, 0.15) is 0 Å². The molecule has 1 nitrogen and oxygen atoms in total. The molecule has 1 rings (SSSR count). The Balaban J connectivity index is 2.25. The Kier molecular flexibility index (Phi) is 7.44. The zero-order valence-electron chi connectivity index (χ0n) is 9.79. The molecule has 0 aliphatic carbocycles. The molecule has 0 bridgehead atoms. The van der Waals surface area contributed by atoms with Crippen molar-refractivity contribution in [1.29, 1.82) is 0 Å². The van der Waals surface area contributed by atoms with Crippen LogP contribution >= 0.6 is 23.5 Å². The Morgan fingerprint density at radius 2 is 1.88 bits per heavy atom. The molecule has 1 N–H and O–H groups in total. The summed E-state index contributed by atoms with van der Waals surface area (Å²) in [5.41, 5.74) is 0.993. The number of rotatable bonds is 8. The SMILES string of the molecule is CSCCCCNc1ccc(SC(F)F)cc1. The molecule has 0 aliphatic rings. The van der Waals surface area contributed by atoms with Crippen molar-refractivity contribution < 1.29 is 8.78 Å². The highest BCUT2D eigenvalue weighted by atomic mass is 32.2. The maximum Gasteiger partial charge on any atom is 0.288 e. The normalized spacial score (nSPS) is 10.8. The van der Waals surface area contributed by atoms with E-state index in [0.29, 0.717) is 16.7 Å². The van der Waals surface area contributed by atoms with Crippen LogP contribution in [0, 0.1) is 0 Å². The van der Waals surface area contributed by atoms with Crippen LogP contribution in [0.5, 0.6) is 0 Å². The van der Waals surface area contributed by atoms with E-state index in [4.69, 9.17) is 0 Å². The molecule has 5 heteroatoms. The van der Waals surface area contributed by atoms with E-state index in [9.17, 15) is 8.78 Å². The topological polar surface area (TPSA) is 12.0 Å². The van der Waals surface area contributed by atoms with Crippen molar-refractivity contribution in [2.75, 3.05) is 23.9 Å². The van der Waals surface area contributed by atoms with Crippen molar-refractivity contribution >= 4 is 29.2 Å². The molecule has 0 saturated heterocycles. The first kappa shape index (κ1) is 14.6. The Labute approximate surface area is 110 Å². The molecule has 0 amide bonds. The number of hydrogen-bond donors (Lipinski definition) is 1. The Hall–Kier alpha value is -0.420. The van der Waals surface area contributed by atoms with E-state index in [2.05, 4.69) is 11.6 Å². The number of thioether (sulfide) groups is 2. The van der Waals surface area contributed by atoms with E-state index < -0.39 is 5.76 Å². The summed E-state index contributed by atoms with van der Waals surface area (Å²) in [6.45, 7) is 0.932. The highest BCUT2D eigenvalue weighted by Gasteiger charge is 2.04. The van der Waals surface area contributed by atoms with Crippen LogP contribution in [0.3, 0.4) is 0 Å². The van der Waals surface area contributed by atoms with Crippen molar-refractivity contribution in [2.45, 2.75) is 23.5 Å². The fourth-order valence-electron chi connectivity index (χ4n) is 1.36. The number of nitrogens with one attached hydrogen (secondary N) is 1. The van der Waals surface area contributed by atoms with E-state index in [1.54, 1.807) is 12.1 Å². The molecule has 1 aromatic rings. The summed E-state index contributed by atoms with van der Waals surface area (Å²) in [4.78, 5) is 0.605. The summed E-state index contributed by atoms with van der Waals surface area (Å²) in [5, 5.41) is 3.28. The van der Waals surface area contributed by atoms with Gasteiger partial charge in [-0.15, -0.1) is 0 Å². The summed E-state index contributed by atoms with van der Waals surface area (Å²) < 4.78 is 24.2. The average molecular weight is 277 g/mol. The van der Waals surface area contributed by atoms with Gasteiger partial charge in [0.05, 0.1) is 0 Å². The molecule has 96 valence electrons. The lowest BCUT2D eigenvalue weighted by atomic mass is 10.3. The molecule has 0 aliphatic heterocycles. The maximum atomic E-state index is 12.1. The van der Waals surface area contributed by atoms with E-state index in [-0.39, 0.29) is 0 Å². The second-order valence-corrected chi connectivity index (χ2v) is 5.58. The van der Waals surface area contributed by atoms with Gasteiger partial charge in [0, 0.05) is 17.1 Å². The van der Waals surface area contributed by atoms with Gasteiger partial charge >= 0.3 is 0 Å². The fraction of sp³-hybridized carbons (Fsp3) is 0.500. The zero-order valence-corrected chi connectivity index (χ0v) is 11.4. The molecule has 1 aromatic carbocycles. The van der Waals surface area contributed by atoms with Crippen LogP contribution in [-0.2, 0) is 0 Å². The van der Waals surface area contributed by atoms with Gasteiger partial charge in [0.15, 0.2) is 0 Å². The van der Waals surface area contributed by atoms with Crippen molar-refractivity contribution in [3.8, 4) is 0 Å². The first-order valence-corrected chi connectivity index (χ1v) is 7.77. The number of anilines is 1. The molecular weight excluding hydrogens is 260 g/mol. The highest BCUT2D eigenvalue weighted by molar-refractivity contribution is 7.99. The number of alkyl halides is 2. The van der Waals surface area contributed by atoms with Gasteiger partial charge in [-0.3, -0.25) is 0 Å². The van der Waals surface area contributed by atoms with Crippen LogP contribution in [0.2, 0.25) is 0 Å². The Morgan fingerprint density at radius 3 is 2.47 bits per heavy atom. The number of benzene rings is 1. The largest absolute Gasteiger partial charge is 0.385 e. The summed E-state index contributed by atoms with van der Waals surface area (Å²) in [5.74, 6) is -1.16.